The molecule has 19 heavy (non-hydrogen) atoms. The molecule has 2 aromatic rings. The van der Waals surface area contributed by atoms with E-state index >= 15 is 0 Å². The van der Waals surface area contributed by atoms with Crippen LogP contribution in [0.5, 0.6) is 0 Å². The second-order valence-corrected chi connectivity index (χ2v) is 5.97. The lowest BCUT2D eigenvalue weighted by Gasteiger charge is -2.36. The maximum Gasteiger partial charge on any atom is 0.0946 e. The smallest absolute Gasteiger partial charge is 0.0946 e. The highest BCUT2D eigenvalue weighted by molar-refractivity contribution is 5.78. The maximum atomic E-state index is 11.0. The van der Waals surface area contributed by atoms with E-state index in [9.17, 15) is 5.11 Å². The van der Waals surface area contributed by atoms with Crippen LogP contribution in [-0.4, -0.2) is 27.1 Å². The number of aliphatic hydroxyl groups is 1. The first-order chi connectivity index (χ1) is 9.12. The Morgan fingerprint density at radius 1 is 1.32 bits per heavy atom. The van der Waals surface area contributed by atoms with Gasteiger partial charge in [0.1, 0.15) is 0 Å². The number of aromatic nitrogens is 2. The molecule has 0 radical (unpaired) electrons. The van der Waals surface area contributed by atoms with Gasteiger partial charge in [0.25, 0.3) is 0 Å². The van der Waals surface area contributed by atoms with Gasteiger partial charge in [-0.3, -0.25) is 4.68 Å². The number of benzene rings is 1. The van der Waals surface area contributed by atoms with E-state index in [-0.39, 0.29) is 12.2 Å². The van der Waals surface area contributed by atoms with Gasteiger partial charge in [0.2, 0.25) is 0 Å². The van der Waals surface area contributed by atoms with E-state index in [2.05, 4.69) is 5.10 Å². The van der Waals surface area contributed by atoms with Crippen LogP contribution in [-0.2, 0) is 17.4 Å². The SMILES string of the molecule is Cn1cc2ccc(C3(O)CC4CCC(C3)O4)cc2n1. The molecule has 1 aromatic carbocycles. The number of ether oxygens (including phenoxy) is 1. The summed E-state index contributed by atoms with van der Waals surface area (Å²) in [4.78, 5) is 0. The molecule has 1 N–H and O–H groups in total. The second-order valence-electron chi connectivity index (χ2n) is 5.97. The molecule has 2 bridgehead atoms. The normalized spacial score (nSPS) is 34.0. The zero-order valence-corrected chi connectivity index (χ0v) is 11.0. The summed E-state index contributed by atoms with van der Waals surface area (Å²) in [6.07, 6.45) is 6.03. The van der Waals surface area contributed by atoms with Crippen LogP contribution in [0.15, 0.2) is 24.4 Å². The van der Waals surface area contributed by atoms with Crippen LogP contribution in [0.3, 0.4) is 0 Å². The van der Waals surface area contributed by atoms with Gasteiger partial charge in [-0.1, -0.05) is 12.1 Å². The van der Waals surface area contributed by atoms with Gasteiger partial charge in [0, 0.05) is 31.5 Å². The van der Waals surface area contributed by atoms with Crippen molar-refractivity contribution in [2.75, 3.05) is 0 Å². The van der Waals surface area contributed by atoms with E-state index in [0.29, 0.717) is 12.8 Å². The third kappa shape index (κ3) is 1.78. The summed E-state index contributed by atoms with van der Waals surface area (Å²) in [7, 11) is 1.92. The van der Waals surface area contributed by atoms with Crippen LogP contribution in [0, 0.1) is 0 Å². The fourth-order valence-corrected chi connectivity index (χ4v) is 3.58. The van der Waals surface area contributed by atoms with Crippen LogP contribution in [0.4, 0.5) is 0 Å². The summed E-state index contributed by atoms with van der Waals surface area (Å²) in [6.45, 7) is 0. The van der Waals surface area contributed by atoms with E-state index in [1.807, 2.05) is 36.1 Å². The first-order valence-electron chi connectivity index (χ1n) is 6.94. The van der Waals surface area contributed by atoms with Gasteiger partial charge < -0.3 is 9.84 Å². The molecule has 2 atom stereocenters. The predicted molar refractivity (Wildman–Crippen MR) is 71.7 cm³/mol. The average Bonchev–Trinajstić information content (AvgIpc) is 2.90. The van der Waals surface area contributed by atoms with Crippen molar-refractivity contribution in [3.8, 4) is 0 Å². The van der Waals surface area contributed by atoms with Gasteiger partial charge in [-0.05, 0) is 24.5 Å². The molecule has 4 nitrogen and oxygen atoms in total. The number of aryl methyl sites for hydroxylation is 1. The summed E-state index contributed by atoms with van der Waals surface area (Å²) in [6, 6.07) is 6.11. The Bertz CT molecular complexity index is 622. The fourth-order valence-electron chi connectivity index (χ4n) is 3.58. The summed E-state index contributed by atoms with van der Waals surface area (Å²) in [5.41, 5.74) is 1.20. The lowest BCUT2D eigenvalue weighted by molar-refractivity contribution is -0.115. The Labute approximate surface area is 112 Å². The Balaban J connectivity index is 1.76. The van der Waals surface area contributed by atoms with Crippen LogP contribution in [0.25, 0.3) is 10.9 Å². The van der Waals surface area contributed by atoms with Gasteiger partial charge in [-0.15, -0.1) is 0 Å². The molecule has 2 fully saturated rings. The highest BCUT2D eigenvalue weighted by Gasteiger charge is 2.44. The highest BCUT2D eigenvalue weighted by atomic mass is 16.5. The van der Waals surface area contributed by atoms with Gasteiger partial charge in [0.15, 0.2) is 0 Å². The van der Waals surface area contributed by atoms with Crippen molar-refractivity contribution in [2.24, 2.45) is 7.05 Å². The molecule has 2 saturated heterocycles. The molecule has 0 aliphatic carbocycles. The average molecular weight is 258 g/mol. The zero-order valence-electron chi connectivity index (χ0n) is 11.0. The number of fused-ring (bicyclic) bond motifs is 3. The number of hydrogen-bond donors (Lipinski definition) is 1. The van der Waals surface area contributed by atoms with Crippen molar-refractivity contribution in [3.63, 3.8) is 0 Å². The molecule has 4 rings (SSSR count). The van der Waals surface area contributed by atoms with E-state index in [0.717, 1.165) is 29.3 Å². The van der Waals surface area contributed by atoms with Gasteiger partial charge in [-0.2, -0.15) is 5.10 Å². The Kier molecular flexibility index (Phi) is 2.29. The Morgan fingerprint density at radius 3 is 2.79 bits per heavy atom. The van der Waals surface area contributed by atoms with E-state index in [1.165, 1.54) is 0 Å². The minimum atomic E-state index is -0.740. The van der Waals surface area contributed by atoms with Crippen molar-refractivity contribution in [1.82, 2.24) is 9.78 Å². The standard InChI is InChI=1S/C15H18N2O2/c1-17-9-10-2-3-11(6-14(10)16-17)15(18)7-12-4-5-13(8-15)19-12/h2-3,6,9,12-13,18H,4-5,7-8H2,1H3. The van der Waals surface area contributed by atoms with Crippen LogP contribution >= 0.6 is 0 Å². The molecule has 2 aliphatic heterocycles. The van der Waals surface area contributed by atoms with Crippen LogP contribution < -0.4 is 0 Å². The monoisotopic (exact) mass is 258 g/mol. The van der Waals surface area contributed by atoms with E-state index in [1.54, 1.807) is 0 Å². The number of nitrogens with zero attached hydrogens (tertiary/aromatic N) is 2. The summed E-state index contributed by atoms with van der Waals surface area (Å²) < 4.78 is 7.64. The second kappa shape index (κ2) is 3.81. The topological polar surface area (TPSA) is 47.3 Å². The zero-order chi connectivity index (χ0) is 13.0. The molecule has 0 amide bonds. The van der Waals surface area contributed by atoms with E-state index < -0.39 is 5.60 Å². The van der Waals surface area contributed by atoms with E-state index in [4.69, 9.17) is 4.74 Å². The van der Waals surface area contributed by atoms with Crippen LogP contribution in [0.2, 0.25) is 0 Å². The molecule has 0 saturated carbocycles. The first kappa shape index (κ1) is 11.4. The Morgan fingerprint density at radius 2 is 2.05 bits per heavy atom. The van der Waals surface area contributed by atoms with Crippen molar-refractivity contribution < 1.29 is 9.84 Å². The molecular weight excluding hydrogens is 240 g/mol. The fraction of sp³-hybridized carbons (Fsp3) is 0.533. The van der Waals surface area contributed by atoms with Gasteiger partial charge >= 0.3 is 0 Å². The molecule has 0 spiro atoms. The molecule has 2 aliphatic rings. The van der Waals surface area contributed by atoms with Gasteiger partial charge in [-0.25, -0.2) is 0 Å². The summed E-state index contributed by atoms with van der Waals surface area (Å²) >= 11 is 0. The third-order valence-corrected chi connectivity index (χ3v) is 4.49. The maximum absolute atomic E-state index is 11.0. The minimum Gasteiger partial charge on any atom is -0.385 e. The first-order valence-corrected chi connectivity index (χ1v) is 6.94. The van der Waals surface area contributed by atoms with Crippen molar-refractivity contribution in [1.29, 1.82) is 0 Å². The van der Waals surface area contributed by atoms with Gasteiger partial charge in [0.05, 0.1) is 23.3 Å². The molecule has 4 heteroatoms. The number of hydrogen-bond acceptors (Lipinski definition) is 3. The number of rotatable bonds is 1. The quantitative estimate of drug-likeness (QED) is 0.852. The largest absolute Gasteiger partial charge is 0.385 e. The van der Waals surface area contributed by atoms with Crippen molar-refractivity contribution >= 4 is 10.9 Å². The summed E-state index contributed by atoms with van der Waals surface area (Å²) in [5.74, 6) is 0. The van der Waals surface area contributed by atoms with Crippen LogP contribution in [0.1, 0.15) is 31.2 Å². The molecular formula is C15H18N2O2. The minimum absolute atomic E-state index is 0.225. The molecule has 3 heterocycles. The molecule has 100 valence electrons. The predicted octanol–water partition coefficient (Wildman–Crippen LogP) is 2.10. The van der Waals surface area contributed by atoms with Crippen molar-refractivity contribution in [2.45, 2.75) is 43.5 Å². The lowest BCUT2D eigenvalue weighted by atomic mass is 9.83. The highest BCUT2D eigenvalue weighted by Crippen LogP contribution is 2.44. The third-order valence-electron chi connectivity index (χ3n) is 4.49. The molecule has 1 aromatic heterocycles. The molecule has 2 unspecified atom stereocenters. The lowest BCUT2D eigenvalue weighted by Crippen LogP contribution is -2.38. The Hall–Kier alpha value is -1.39. The summed E-state index contributed by atoms with van der Waals surface area (Å²) in [5, 5.41) is 16.5. The van der Waals surface area contributed by atoms with Crippen molar-refractivity contribution in [3.05, 3.63) is 30.0 Å².